The maximum atomic E-state index is 11.6. The van der Waals surface area contributed by atoms with Gasteiger partial charge in [0, 0.05) is 6.20 Å². The van der Waals surface area contributed by atoms with Crippen molar-refractivity contribution in [1.82, 2.24) is 10.3 Å². The van der Waals surface area contributed by atoms with Gasteiger partial charge >= 0.3 is 0 Å². The average molecular weight is 217 g/mol. The van der Waals surface area contributed by atoms with Gasteiger partial charge in [0.1, 0.15) is 11.7 Å². The summed E-state index contributed by atoms with van der Waals surface area (Å²) < 4.78 is 0. The highest BCUT2D eigenvalue weighted by atomic mass is 16.2. The number of carbonyl (C=O) groups excluding carboxylic acids is 1. The first-order chi connectivity index (χ1) is 7.70. The second-order valence-electron chi connectivity index (χ2n) is 3.99. The summed E-state index contributed by atoms with van der Waals surface area (Å²) in [5, 5.41) is 2.78. The summed E-state index contributed by atoms with van der Waals surface area (Å²) >= 11 is 0. The predicted molar refractivity (Wildman–Crippen MR) is 62.3 cm³/mol. The van der Waals surface area contributed by atoms with Crippen LogP contribution < -0.4 is 5.32 Å². The molecule has 1 unspecified atom stereocenters. The number of rotatable bonds is 3. The molecule has 16 heavy (non-hydrogen) atoms. The molecule has 0 bridgehead atoms. The molecule has 1 aliphatic rings. The third-order valence-electron chi connectivity index (χ3n) is 2.55. The number of amides is 1. The minimum Gasteiger partial charge on any atom is -0.307 e. The van der Waals surface area contributed by atoms with Crippen LogP contribution in [0.1, 0.15) is 31.0 Å². The predicted octanol–water partition coefficient (Wildman–Crippen LogP) is 1.44. The van der Waals surface area contributed by atoms with Gasteiger partial charge in [0.2, 0.25) is 5.91 Å². The molecule has 2 rings (SSSR count). The Bertz CT molecular complexity index is 440. The molecule has 1 N–H and O–H groups in total. The number of aromatic nitrogens is 1. The van der Waals surface area contributed by atoms with Crippen LogP contribution in [0, 0.1) is 6.92 Å². The van der Waals surface area contributed by atoms with Crippen LogP contribution in [0.2, 0.25) is 0 Å². The molecule has 4 nitrogen and oxygen atoms in total. The third kappa shape index (κ3) is 2.10. The molecule has 0 saturated heterocycles. The van der Waals surface area contributed by atoms with E-state index in [0.717, 1.165) is 24.1 Å². The summed E-state index contributed by atoms with van der Waals surface area (Å²) in [6, 6.07) is 3.61. The monoisotopic (exact) mass is 217 g/mol. The van der Waals surface area contributed by atoms with Gasteiger partial charge in [0.25, 0.3) is 0 Å². The van der Waals surface area contributed by atoms with E-state index in [4.69, 9.17) is 0 Å². The Kier molecular flexibility index (Phi) is 2.99. The number of nitrogens with one attached hydrogen (secondary N) is 1. The van der Waals surface area contributed by atoms with Crippen molar-refractivity contribution in [1.29, 1.82) is 0 Å². The van der Waals surface area contributed by atoms with Crippen LogP contribution in [0.5, 0.6) is 0 Å². The lowest BCUT2D eigenvalue weighted by Gasteiger charge is -2.00. The van der Waals surface area contributed by atoms with Crippen LogP contribution in [-0.2, 0) is 4.79 Å². The van der Waals surface area contributed by atoms with Crippen LogP contribution in [0.3, 0.4) is 0 Å². The molecule has 0 aromatic carbocycles. The fourth-order valence-corrected chi connectivity index (χ4v) is 1.71. The molecule has 1 amide bonds. The van der Waals surface area contributed by atoms with Crippen LogP contribution in [0.25, 0.3) is 0 Å². The lowest BCUT2D eigenvalue weighted by atomic mass is 10.2. The minimum absolute atomic E-state index is 0.0137. The molecule has 1 atom stereocenters. The largest absolute Gasteiger partial charge is 0.307 e. The van der Waals surface area contributed by atoms with E-state index in [9.17, 15) is 4.79 Å². The van der Waals surface area contributed by atoms with E-state index >= 15 is 0 Å². The molecule has 0 saturated carbocycles. The summed E-state index contributed by atoms with van der Waals surface area (Å²) in [5.74, 6) is 0.590. The smallest absolute Gasteiger partial charge is 0.250 e. The molecular weight excluding hydrogens is 202 g/mol. The fourth-order valence-electron chi connectivity index (χ4n) is 1.71. The molecule has 0 fully saturated rings. The first kappa shape index (κ1) is 10.8. The van der Waals surface area contributed by atoms with Gasteiger partial charge in [-0.25, -0.2) is 0 Å². The van der Waals surface area contributed by atoms with Gasteiger partial charge in [0.05, 0.1) is 0 Å². The molecule has 0 radical (unpaired) electrons. The first-order valence-electron chi connectivity index (χ1n) is 5.52. The lowest BCUT2D eigenvalue weighted by Crippen LogP contribution is -2.29. The van der Waals surface area contributed by atoms with Crippen molar-refractivity contribution in [2.45, 2.75) is 32.7 Å². The first-order valence-corrected chi connectivity index (χ1v) is 5.52. The molecule has 0 spiro atoms. The molecule has 0 aliphatic carbocycles. The van der Waals surface area contributed by atoms with E-state index in [-0.39, 0.29) is 11.9 Å². The van der Waals surface area contributed by atoms with Crippen molar-refractivity contribution < 1.29 is 4.79 Å². The van der Waals surface area contributed by atoms with Gasteiger partial charge in [-0.1, -0.05) is 13.3 Å². The molecule has 2 heterocycles. The van der Waals surface area contributed by atoms with Gasteiger partial charge in [0.15, 0.2) is 5.84 Å². The van der Waals surface area contributed by atoms with Crippen LogP contribution in [0.15, 0.2) is 23.3 Å². The van der Waals surface area contributed by atoms with Crippen LogP contribution in [-0.4, -0.2) is 22.8 Å². The number of aryl methyl sites for hydroxylation is 1. The summed E-state index contributed by atoms with van der Waals surface area (Å²) in [5.41, 5.74) is 1.85. The zero-order valence-corrected chi connectivity index (χ0v) is 9.53. The van der Waals surface area contributed by atoms with Gasteiger partial charge in [-0.05, 0) is 31.0 Å². The van der Waals surface area contributed by atoms with E-state index in [0.29, 0.717) is 5.84 Å². The molecule has 1 aromatic heterocycles. The Morgan fingerprint density at radius 3 is 3.00 bits per heavy atom. The van der Waals surface area contributed by atoms with Crippen molar-refractivity contribution >= 4 is 11.7 Å². The number of aliphatic imine (C=N–C) groups is 1. The van der Waals surface area contributed by atoms with Gasteiger partial charge in [-0.3, -0.25) is 14.8 Å². The van der Waals surface area contributed by atoms with Crippen molar-refractivity contribution in [3.63, 3.8) is 0 Å². The maximum absolute atomic E-state index is 11.6. The highest BCUT2D eigenvalue weighted by Gasteiger charge is 2.26. The second-order valence-corrected chi connectivity index (χ2v) is 3.99. The van der Waals surface area contributed by atoms with E-state index in [2.05, 4.69) is 15.3 Å². The summed E-state index contributed by atoms with van der Waals surface area (Å²) in [6.45, 7) is 4.04. The summed E-state index contributed by atoms with van der Waals surface area (Å²) in [6.07, 6.45) is 3.48. The molecule has 1 aromatic rings. The number of pyridine rings is 1. The fraction of sp³-hybridized carbons (Fsp3) is 0.417. The van der Waals surface area contributed by atoms with Crippen molar-refractivity contribution in [3.05, 3.63) is 29.6 Å². The standard InChI is InChI=1S/C12H15N3O/c1-3-4-9-12(16)15-11(14-9)10-7-8(2)5-6-13-10/h5-7,9H,3-4H2,1-2H3,(H,14,15,16). The topological polar surface area (TPSA) is 54.4 Å². The highest BCUT2D eigenvalue weighted by Crippen LogP contribution is 2.11. The summed E-state index contributed by atoms with van der Waals surface area (Å²) in [4.78, 5) is 20.1. The Labute approximate surface area is 94.8 Å². The lowest BCUT2D eigenvalue weighted by molar-refractivity contribution is -0.120. The van der Waals surface area contributed by atoms with Gasteiger partial charge in [-0.15, -0.1) is 0 Å². The Morgan fingerprint density at radius 1 is 1.50 bits per heavy atom. The summed E-state index contributed by atoms with van der Waals surface area (Å²) in [7, 11) is 0. The van der Waals surface area contributed by atoms with E-state index in [1.807, 2.05) is 26.0 Å². The molecule has 1 aliphatic heterocycles. The van der Waals surface area contributed by atoms with E-state index < -0.39 is 0 Å². The van der Waals surface area contributed by atoms with Crippen molar-refractivity contribution in [2.24, 2.45) is 4.99 Å². The Balaban J connectivity index is 2.23. The maximum Gasteiger partial charge on any atom is 0.250 e. The van der Waals surface area contributed by atoms with Gasteiger partial charge in [-0.2, -0.15) is 0 Å². The van der Waals surface area contributed by atoms with Gasteiger partial charge < -0.3 is 5.32 Å². The minimum atomic E-state index is -0.234. The molecule has 84 valence electrons. The molecular formula is C12H15N3O. The second kappa shape index (κ2) is 4.43. The van der Waals surface area contributed by atoms with Crippen LogP contribution in [0.4, 0.5) is 0 Å². The zero-order valence-electron chi connectivity index (χ0n) is 9.53. The normalized spacial score (nSPS) is 19.5. The number of carbonyl (C=O) groups is 1. The Morgan fingerprint density at radius 2 is 2.31 bits per heavy atom. The van der Waals surface area contributed by atoms with Crippen molar-refractivity contribution in [3.8, 4) is 0 Å². The Hall–Kier alpha value is -1.71. The van der Waals surface area contributed by atoms with E-state index in [1.165, 1.54) is 0 Å². The molecule has 4 heteroatoms. The third-order valence-corrected chi connectivity index (χ3v) is 2.55. The van der Waals surface area contributed by atoms with Crippen molar-refractivity contribution in [2.75, 3.05) is 0 Å². The number of hydrogen-bond acceptors (Lipinski definition) is 3. The SMILES string of the molecule is CCCC1N=C(c2cc(C)ccn2)NC1=O. The highest BCUT2D eigenvalue weighted by molar-refractivity contribution is 6.12. The van der Waals surface area contributed by atoms with Crippen LogP contribution >= 0.6 is 0 Å². The number of amidine groups is 1. The number of nitrogens with zero attached hydrogens (tertiary/aromatic N) is 2. The van der Waals surface area contributed by atoms with E-state index in [1.54, 1.807) is 6.20 Å². The average Bonchev–Trinajstić information content (AvgIpc) is 2.61. The number of hydrogen-bond donors (Lipinski definition) is 1. The quantitative estimate of drug-likeness (QED) is 0.832. The zero-order chi connectivity index (χ0) is 11.5.